The van der Waals surface area contributed by atoms with Gasteiger partial charge in [-0.2, -0.15) is 0 Å². The Bertz CT molecular complexity index is 518. The van der Waals surface area contributed by atoms with Crippen LogP contribution in [0.25, 0.3) is 0 Å². The first-order chi connectivity index (χ1) is 8.61. The second-order valence-electron chi connectivity index (χ2n) is 4.40. The average Bonchev–Trinajstić information content (AvgIpc) is 2.87. The molecule has 2 aromatic rings. The third-order valence-electron chi connectivity index (χ3n) is 2.87. The van der Waals surface area contributed by atoms with Crippen LogP contribution in [0, 0.1) is 13.8 Å². The molecule has 1 atom stereocenters. The molecule has 0 aliphatic rings. The average molecular weight is 284 g/mol. The van der Waals surface area contributed by atoms with Crippen LogP contribution in [0.1, 0.15) is 40.5 Å². The SMILES string of the molecule is CCCNC(c1ccc(Cl)o1)c1cc(C)sc1C. The summed E-state index contributed by atoms with van der Waals surface area (Å²) >= 11 is 7.70. The van der Waals surface area contributed by atoms with Crippen molar-refractivity contribution in [3.8, 4) is 0 Å². The van der Waals surface area contributed by atoms with Crippen LogP contribution < -0.4 is 5.32 Å². The molecule has 0 fully saturated rings. The third-order valence-corrected chi connectivity index (χ3v) is 4.05. The van der Waals surface area contributed by atoms with Gasteiger partial charge in [0, 0.05) is 9.75 Å². The van der Waals surface area contributed by atoms with Gasteiger partial charge < -0.3 is 9.73 Å². The molecule has 98 valence electrons. The van der Waals surface area contributed by atoms with Crippen molar-refractivity contribution in [1.29, 1.82) is 0 Å². The van der Waals surface area contributed by atoms with Crippen molar-refractivity contribution in [3.05, 3.63) is 44.5 Å². The van der Waals surface area contributed by atoms with Crippen molar-refractivity contribution in [1.82, 2.24) is 5.32 Å². The van der Waals surface area contributed by atoms with E-state index < -0.39 is 0 Å². The van der Waals surface area contributed by atoms with Crippen molar-refractivity contribution in [2.24, 2.45) is 0 Å². The van der Waals surface area contributed by atoms with Gasteiger partial charge in [0.25, 0.3) is 0 Å². The highest BCUT2D eigenvalue weighted by Crippen LogP contribution is 2.32. The molecule has 0 aromatic carbocycles. The smallest absolute Gasteiger partial charge is 0.193 e. The summed E-state index contributed by atoms with van der Waals surface area (Å²) in [5.41, 5.74) is 1.29. The lowest BCUT2D eigenvalue weighted by molar-refractivity contribution is 0.447. The highest BCUT2D eigenvalue weighted by atomic mass is 35.5. The van der Waals surface area contributed by atoms with Crippen LogP contribution in [-0.2, 0) is 0 Å². The number of furan rings is 1. The fourth-order valence-corrected chi connectivity index (χ4v) is 3.19. The van der Waals surface area contributed by atoms with Crippen LogP contribution in [0.4, 0.5) is 0 Å². The molecule has 0 bridgehead atoms. The van der Waals surface area contributed by atoms with Gasteiger partial charge in [-0.15, -0.1) is 11.3 Å². The first-order valence-corrected chi connectivity index (χ1v) is 7.36. The molecule has 4 heteroatoms. The fourth-order valence-electron chi connectivity index (χ4n) is 2.07. The van der Waals surface area contributed by atoms with Gasteiger partial charge in [0.05, 0.1) is 6.04 Å². The summed E-state index contributed by atoms with van der Waals surface area (Å²) in [4.78, 5) is 2.65. The first kappa shape index (κ1) is 13.7. The molecular formula is C14H18ClNOS. The van der Waals surface area contributed by atoms with E-state index >= 15 is 0 Å². The lowest BCUT2D eigenvalue weighted by Crippen LogP contribution is -2.22. The minimum atomic E-state index is 0.0994. The largest absolute Gasteiger partial charge is 0.448 e. The number of hydrogen-bond acceptors (Lipinski definition) is 3. The number of thiophene rings is 1. The monoisotopic (exact) mass is 283 g/mol. The van der Waals surface area contributed by atoms with Gasteiger partial charge >= 0.3 is 0 Å². The molecule has 0 spiro atoms. The van der Waals surface area contributed by atoms with E-state index in [1.54, 1.807) is 6.07 Å². The summed E-state index contributed by atoms with van der Waals surface area (Å²) in [6.45, 7) is 7.40. The Hall–Kier alpha value is -0.770. The van der Waals surface area contributed by atoms with Gasteiger partial charge in [0.2, 0.25) is 0 Å². The number of aryl methyl sites for hydroxylation is 2. The van der Waals surface area contributed by atoms with Crippen molar-refractivity contribution < 1.29 is 4.42 Å². The summed E-state index contributed by atoms with van der Waals surface area (Å²) in [7, 11) is 0. The summed E-state index contributed by atoms with van der Waals surface area (Å²) in [6, 6.07) is 6.07. The Morgan fingerprint density at radius 2 is 2.17 bits per heavy atom. The van der Waals surface area contributed by atoms with Gasteiger partial charge in [-0.25, -0.2) is 0 Å². The van der Waals surface area contributed by atoms with Gasteiger partial charge in [-0.3, -0.25) is 0 Å². The highest BCUT2D eigenvalue weighted by Gasteiger charge is 2.20. The number of hydrogen-bond donors (Lipinski definition) is 1. The Morgan fingerprint density at radius 3 is 2.67 bits per heavy atom. The lowest BCUT2D eigenvalue weighted by atomic mass is 10.1. The molecule has 0 saturated carbocycles. The molecule has 1 N–H and O–H groups in total. The summed E-state index contributed by atoms with van der Waals surface area (Å²) in [5, 5.41) is 3.97. The van der Waals surface area contributed by atoms with Crippen molar-refractivity contribution >= 4 is 22.9 Å². The molecular weight excluding hydrogens is 266 g/mol. The van der Waals surface area contributed by atoms with Gasteiger partial charge in [-0.05, 0) is 62.2 Å². The predicted octanol–water partition coefficient (Wildman–Crippen LogP) is 4.70. The van der Waals surface area contributed by atoms with Gasteiger partial charge in [-0.1, -0.05) is 6.92 Å². The fraction of sp³-hybridized carbons (Fsp3) is 0.429. The zero-order valence-electron chi connectivity index (χ0n) is 10.9. The molecule has 18 heavy (non-hydrogen) atoms. The van der Waals surface area contributed by atoms with Crippen molar-refractivity contribution in [3.63, 3.8) is 0 Å². The van der Waals surface area contributed by atoms with E-state index in [9.17, 15) is 0 Å². The summed E-state index contributed by atoms with van der Waals surface area (Å²) in [6.07, 6.45) is 1.09. The zero-order chi connectivity index (χ0) is 13.1. The second kappa shape index (κ2) is 5.91. The minimum absolute atomic E-state index is 0.0994. The van der Waals surface area contributed by atoms with E-state index in [-0.39, 0.29) is 6.04 Å². The zero-order valence-corrected chi connectivity index (χ0v) is 12.5. The maximum Gasteiger partial charge on any atom is 0.193 e. The molecule has 0 amide bonds. The Labute approximate surface area is 117 Å². The van der Waals surface area contributed by atoms with Crippen molar-refractivity contribution in [2.75, 3.05) is 6.54 Å². The molecule has 0 aliphatic carbocycles. The van der Waals surface area contributed by atoms with Crippen LogP contribution >= 0.6 is 22.9 Å². The quantitative estimate of drug-likeness (QED) is 0.860. The Morgan fingerprint density at radius 1 is 1.39 bits per heavy atom. The maximum atomic E-state index is 5.88. The maximum absolute atomic E-state index is 5.88. The minimum Gasteiger partial charge on any atom is -0.448 e. The van der Waals surface area contributed by atoms with E-state index in [1.807, 2.05) is 17.4 Å². The van der Waals surface area contributed by atoms with E-state index in [0.717, 1.165) is 18.7 Å². The number of halogens is 1. The molecule has 0 aliphatic heterocycles. The molecule has 1 unspecified atom stereocenters. The highest BCUT2D eigenvalue weighted by molar-refractivity contribution is 7.12. The van der Waals surface area contributed by atoms with Gasteiger partial charge in [0.15, 0.2) is 5.22 Å². The first-order valence-electron chi connectivity index (χ1n) is 6.17. The topological polar surface area (TPSA) is 25.2 Å². The van der Waals surface area contributed by atoms with E-state index in [1.165, 1.54) is 15.3 Å². The number of rotatable bonds is 5. The van der Waals surface area contributed by atoms with E-state index in [4.69, 9.17) is 16.0 Å². The molecule has 2 rings (SSSR count). The van der Waals surface area contributed by atoms with E-state index in [0.29, 0.717) is 5.22 Å². The molecule has 2 nitrogen and oxygen atoms in total. The molecule has 0 saturated heterocycles. The van der Waals surface area contributed by atoms with Gasteiger partial charge in [0.1, 0.15) is 5.76 Å². The van der Waals surface area contributed by atoms with Crippen LogP contribution in [-0.4, -0.2) is 6.54 Å². The van der Waals surface area contributed by atoms with Crippen LogP contribution in [0.2, 0.25) is 5.22 Å². The normalized spacial score (nSPS) is 12.9. The Kier molecular flexibility index (Phi) is 4.49. The molecule has 0 radical (unpaired) electrons. The molecule has 2 aromatic heterocycles. The number of nitrogens with one attached hydrogen (secondary N) is 1. The van der Waals surface area contributed by atoms with Crippen LogP contribution in [0.15, 0.2) is 22.6 Å². The summed E-state index contributed by atoms with van der Waals surface area (Å²) < 4.78 is 5.57. The summed E-state index contributed by atoms with van der Waals surface area (Å²) in [5.74, 6) is 0.884. The van der Waals surface area contributed by atoms with Crippen LogP contribution in [0.3, 0.4) is 0 Å². The lowest BCUT2D eigenvalue weighted by Gasteiger charge is -2.16. The standard InChI is InChI=1S/C14H18ClNOS/c1-4-7-16-14(12-5-6-13(15)17-12)11-8-9(2)18-10(11)3/h5-6,8,14,16H,4,7H2,1-3H3. The van der Waals surface area contributed by atoms with E-state index in [2.05, 4.69) is 32.2 Å². The second-order valence-corrected chi connectivity index (χ2v) is 6.23. The molecule has 2 heterocycles. The predicted molar refractivity (Wildman–Crippen MR) is 77.6 cm³/mol. The van der Waals surface area contributed by atoms with Crippen LogP contribution in [0.5, 0.6) is 0 Å². The van der Waals surface area contributed by atoms with Crippen molar-refractivity contribution in [2.45, 2.75) is 33.2 Å². The third kappa shape index (κ3) is 2.97. The Balaban J connectivity index is 2.33.